The highest BCUT2D eigenvalue weighted by Crippen LogP contribution is 2.25. The summed E-state index contributed by atoms with van der Waals surface area (Å²) in [5, 5.41) is 21.8. The van der Waals surface area contributed by atoms with Gasteiger partial charge >= 0.3 is 0 Å². The van der Waals surface area contributed by atoms with Crippen LogP contribution in [0.3, 0.4) is 0 Å². The van der Waals surface area contributed by atoms with Crippen molar-refractivity contribution in [3.8, 4) is 16.8 Å². The third-order valence-electron chi connectivity index (χ3n) is 2.89. The first-order valence-electron chi connectivity index (χ1n) is 6.29. The van der Waals surface area contributed by atoms with E-state index in [9.17, 15) is 0 Å². The minimum atomic E-state index is -0.377. The molecule has 7 nitrogen and oxygen atoms in total. The Labute approximate surface area is 129 Å². The predicted octanol–water partition coefficient (Wildman–Crippen LogP) is 2.52. The van der Waals surface area contributed by atoms with Gasteiger partial charge in [-0.3, -0.25) is 10.8 Å². The van der Waals surface area contributed by atoms with Gasteiger partial charge in [-0.1, -0.05) is 6.07 Å². The van der Waals surface area contributed by atoms with Crippen LogP contribution in [0.25, 0.3) is 21.7 Å². The minimum Gasteiger partial charge on any atom is -0.382 e. The zero-order valence-electron chi connectivity index (χ0n) is 11.3. The molecule has 2 heterocycles. The third kappa shape index (κ3) is 2.65. The molecule has 0 atom stereocenters. The molecule has 0 bridgehead atoms. The van der Waals surface area contributed by atoms with Crippen LogP contribution >= 0.6 is 11.3 Å². The maximum atomic E-state index is 8.80. The number of nitriles is 1. The summed E-state index contributed by atoms with van der Waals surface area (Å²) in [4.78, 5) is 8.82. The van der Waals surface area contributed by atoms with E-state index in [2.05, 4.69) is 20.5 Å². The van der Waals surface area contributed by atoms with Gasteiger partial charge in [0, 0.05) is 0 Å². The zero-order chi connectivity index (χ0) is 15.5. The second-order valence-corrected chi connectivity index (χ2v) is 5.34. The van der Waals surface area contributed by atoms with Gasteiger partial charge in [-0.25, -0.2) is 4.98 Å². The summed E-state index contributed by atoms with van der Waals surface area (Å²) in [6.07, 6.45) is 0. The number of hydrogen-bond acceptors (Lipinski definition) is 6. The van der Waals surface area contributed by atoms with E-state index in [0.29, 0.717) is 5.69 Å². The number of hydrazone groups is 1. The first-order valence-corrected chi connectivity index (χ1v) is 7.17. The van der Waals surface area contributed by atoms with Crippen molar-refractivity contribution < 1.29 is 0 Å². The molecule has 0 saturated heterocycles. The number of nitrogens with one attached hydrogen (secondary N) is 3. The van der Waals surface area contributed by atoms with Gasteiger partial charge in [0.1, 0.15) is 11.9 Å². The molecule has 0 spiro atoms. The number of nitrogens with two attached hydrogens (primary N) is 1. The lowest BCUT2D eigenvalue weighted by molar-refractivity contribution is 1.33. The van der Waals surface area contributed by atoms with E-state index in [0.717, 1.165) is 21.7 Å². The van der Waals surface area contributed by atoms with Gasteiger partial charge in [0.15, 0.2) is 5.84 Å². The van der Waals surface area contributed by atoms with Crippen LogP contribution in [-0.4, -0.2) is 21.5 Å². The molecule has 108 valence electrons. The number of H-pyrrole nitrogens is 1. The minimum absolute atomic E-state index is 0.163. The summed E-state index contributed by atoms with van der Waals surface area (Å²) in [6, 6.07) is 11.2. The van der Waals surface area contributed by atoms with Crippen molar-refractivity contribution in [2.75, 3.05) is 5.43 Å². The van der Waals surface area contributed by atoms with Crippen LogP contribution in [0.1, 0.15) is 0 Å². The molecule has 22 heavy (non-hydrogen) atoms. The van der Waals surface area contributed by atoms with Crippen LogP contribution in [0.2, 0.25) is 0 Å². The summed E-state index contributed by atoms with van der Waals surface area (Å²) in [5.41, 5.74) is 10.1. The Kier molecular flexibility index (Phi) is 3.55. The largest absolute Gasteiger partial charge is 0.382 e. The molecule has 0 amide bonds. The monoisotopic (exact) mass is 309 g/mol. The summed E-state index contributed by atoms with van der Waals surface area (Å²) >= 11 is 1.61. The van der Waals surface area contributed by atoms with Crippen molar-refractivity contribution in [2.45, 2.75) is 0 Å². The average molecular weight is 309 g/mol. The fourth-order valence-corrected chi connectivity index (χ4v) is 2.54. The molecule has 5 N–H and O–H groups in total. The van der Waals surface area contributed by atoms with E-state index in [1.807, 2.05) is 29.6 Å². The van der Waals surface area contributed by atoms with Crippen molar-refractivity contribution in [3.05, 3.63) is 35.7 Å². The number of anilines is 1. The number of amidine groups is 1. The Morgan fingerprint density at radius 1 is 1.45 bits per heavy atom. The van der Waals surface area contributed by atoms with Gasteiger partial charge < -0.3 is 10.7 Å². The number of benzene rings is 1. The fourth-order valence-electron chi connectivity index (χ4n) is 1.88. The van der Waals surface area contributed by atoms with Gasteiger partial charge in [0.25, 0.3) is 0 Å². The Hall–Kier alpha value is -3.18. The summed E-state index contributed by atoms with van der Waals surface area (Å²) < 4.78 is 0. The molecule has 3 rings (SSSR count). The number of aromatic nitrogens is 2. The van der Waals surface area contributed by atoms with E-state index in [-0.39, 0.29) is 11.5 Å². The lowest BCUT2D eigenvalue weighted by atomic mass is 10.3. The molecular formula is C14H11N7S. The normalized spacial score (nSPS) is 11.3. The van der Waals surface area contributed by atoms with Crippen LogP contribution in [0.4, 0.5) is 5.69 Å². The number of nitrogens with zero attached hydrogens (tertiary/aromatic N) is 3. The molecule has 0 radical (unpaired) electrons. The van der Waals surface area contributed by atoms with Crippen LogP contribution in [0.5, 0.6) is 0 Å². The van der Waals surface area contributed by atoms with Crippen LogP contribution in [0, 0.1) is 16.7 Å². The van der Waals surface area contributed by atoms with Crippen molar-refractivity contribution in [1.82, 2.24) is 9.97 Å². The lowest BCUT2D eigenvalue weighted by Gasteiger charge is -2.00. The number of fused-ring (bicyclic) bond motifs is 1. The molecule has 3 aromatic rings. The first-order chi connectivity index (χ1) is 10.7. The molecule has 0 unspecified atom stereocenters. The van der Waals surface area contributed by atoms with Gasteiger partial charge in [-0.05, 0) is 29.6 Å². The highest BCUT2D eigenvalue weighted by molar-refractivity contribution is 7.13. The van der Waals surface area contributed by atoms with Gasteiger partial charge in [-0.2, -0.15) is 10.4 Å². The molecule has 0 aliphatic heterocycles. The van der Waals surface area contributed by atoms with E-state index >= 15 is 0 Å². The average Bonchev–Trinajstić information content (AvgIpc) is 3.16. The smallest absolute Gasteiger partial charge is 0.201 e. The van der Waals surface area contributed by atoms with Crippen molar-refractivity contribution in [3.63, 3.8) is 0 Å². The fraction of sp³-hybridized carbons (Fsp3) is 0. The van der Waals surface area contributed by atoms with Crippen LogP contribution < -0.4 is 11.2 Å². The second-order valence-electron chi connectivity index (χ2n) is 4.39. The van der Waals surface area contributed by atoms with E-state index in [1.54, 1.807) is 23.5 Å². The van der Waals surface area contributed by atoms with Crippen molar-refractivity contribution in [2.24, 2.45) is 10.8 Å². The Balaban J connectivity index is 1.90. The maximum Gasteiger partial charge on any atom is 0.201 e. The van der Waals surface area contributed by atoms with Crippen LogP contribution in [-0.2, 0) is 0 Å². The summed E-state index contributed by atoms with van der Waals surface area (Å²) in [5.74, 6) is 0.435. The summed E-state index contributed by atoms with van der Waals surface area (Å²) in [6.45, 7) is 0. The standard InChI is InChI=1S/C14H11N7S/c15-7-11(13(16)17)21-20-8-3-4-9-10(6-8)19-14(18-9)12-2-1-5-22-12/h1-6,20H,(H3,16,17)(H,18,19)/b21-11+. The molecular weight excluding hydrogens is 298 g/mol. The van der Waals surface area contributed by atoms with Crippen LogP contribution in [0.15, 0.2) is 40.8 Å². The summed E-state index contributed by atoms with van der Waals surface area (Å²) in [7, 11) is 0. The molecule has 2 aromatic heterocycles. The number of imidazole rings is 1. The molecule has 1 aromatic carbocycles. The van der Waals surface area contributed by atoms with E-state index in [1.165, 1.54) is 0 Å². The molecule has 0 aliphatic carbocycles. The third-order valence-corrected chi connectivity index (χ3v) is 3.77. The van der Waals surface area contributed by atoms with Gasteiger partial charge in [-0.15, -0.1) is 11.3 Å². The van der Waals surface area contributed by atoms with Crippen molar-refractivity contribution >= 4 is 39.6 Å². The maximum absolute atomic E-state index is 8.80. The second kappa shape index (κ2) is 5.67. The SMILES string of the molecule is N#C/C(=N\Nc1ccc2nc(-c3cccs3)[nH]c2c1)C(=N)N. The Morgan fingerprint density at radius 2 is 2.32 bits per heavy atom. The number of aromatic amines is 1. The van der Waals surface area contributed by atoms with Gasteiger partial charge in [0.2, 0.25) is 5.71 Å². The Morgan fingerprint density at radius 3 is 3.00 bits per heavy atom. The highest BCUT2D eigenvalue weighted by atomic mass is 32.1. The molecule has 0 aliphatic rings. The first kappa shape index (κ1) is 13.8. The highest BCUT2D eigenvalue weighted by Gasteiger charge is 2.07. The Bertz CT molecular complexity index is 899. The van der Waals surface area contributed by atoms with Crippen molar-refractivity contribution in [1.29, 1.82) is 10.7 Å². The zero-order valence-corrected chi connectivity index (χ0v) is 12.1. The molecule has 8 heteroatoms. The van der Waals surface area contributed by atoms with E-state index < -0.39 is 0 Å². The number of hydrogen-bond donors (Lipinski definition) is 4. The quantitative estimate of drug-likeness (QED) is 0.335. The lowest BCUT2D eigenvalue weighted by Crippen LogP contribution is -2.21. The molecule has 0 fully saturated rings. The topological polar surface area (TPSA) is 127 Å². The number of thiophene rings is 1. The van der Waals surface area contributed by atoms with E-state index in [4.69, 9.17) is 16.4 Å². The molecule has 0 saturated carbocycles. The predicted molar refractivity (Wildman–Crippen MR) is 88.0 cm³/mol. The number of rotatable bonds is 4. The van der Waals surface area contributed by atoms with Gasteiger partial charge in [0.05, 0.1) is 21.6 Å².